The molecule has 0 radical (unpaired) electrons. The third-order valence-corrected chi connectivity index (χ3v) is 1.58. The van der Waals surface area contributed by atoms with Crippen molar-refractivity contribution in [3.05, 3.63) is 12.4 Å². The van der Waals surface area contributed by atoms with Crippen LogP contribution >= 0.6 is 0 Å². The van der Waals surface area contributed by atoms with Crippen molar-refractivity contribution in [1.82, 2.24) is 9.97 Å². The second-order valence-electron chi connectivity index (χ2n) is 3.20. The molecular formula is C8H11F3N4. The van der Waals surface area contributed by atoms with E-state index in [0.717, 1.165) is 0 Å². The molecule has 0 aliphatic rings. The monoisotopic (exact) mass is 220 g/mol. The molecule has 0 aliphatic carbocycles. The van der Waals surface area contributed by atoms with E-state index in [-0.39, 0.29) is 5.95 Å². The van der Waals surface area contributed by atoms with Gasteiger partial charge in [-0.1, -0.05) is 0 Å². The Bertz CT molecular complexity index is 309. The summed E-state index contributed by atoms with van der Waals surface area (Å²) in [6.45, 7) is 1.41. The summed E-state index contributed by atoms with van der Waals surface area (Å²) in [5, 5.41) is 2.53. The molecule has 0 aromatic carbocycles. The highest BCUT2D eigenvalue weighted by Crippen LogP contribution is 2.22. The average Bonchev–Trinajstić information content (AvgIpc) is 2.05. The van der Waals surface area contributed by atoms with E-state index in [4.69, 9.17) is 5.73 Å². The van der Waals surface area contributed by atoms with E-state index in [1.54, 1.807) is 0 Å². The molecule has 3 N–H and O–H groups in total. The fourth-order valence-electron chi connectivity index (χ4n) is 1.03. The van der Waals surface area contributed by atoms with Gasteiger partial charge in [-0.2, -0.15) is 13.2 Å². The van der Waals surface area contributed by atoms with Gasteiger partial charge in [-0.15, -0.1) is 0 Å². The van der Waals surface area contributed by atoms with Crippen molar-refractivity contribution in [3.63, 3.8) is 0 Å². The first-order valence-corrected chi connectivity index (χ1v) is 4.27. The predicted octanol–water partition coefficient (Wildman–Crippen LogP) is 1.81. The third-order valence-electron chi connectivity index (χ3n) is 1.58. The number of alkyl halides is 3. The third kappa shape index (κ3) is 4.48. The molecule has 7 heteroatoms. The van der Waals surface area contributed by atoms with Gasteiger partial charge in [0.15, 0.2) is 0 Å². The highest BCUT2D eigenvalue weighted by molar-refractivity contribution is 5.36. The standard InChI is InChI=1S/C8H11F3N4/c1-5(2-8(9,10)11)15-7-13-3-6(12)4-14-7/h3-5H,2,12H2,1H3,(H,13,14,15). The number of rotatable bonds is 3. The normalized spacial score (nSPS) is 13.6. The van der Waals surface area contributed by atoms with E-state index in [1.165, 1.54) is 19.3 Å². The van der Waals surface area contributed by atoms with Crippen LogP contribution in [0.25, 0.3) is 0 Å². The molecule has 1 heterocycles. The maximum Gasteiger partial charge on any atom is 0.391 e. The number of halogens is 3. The summed E-state index contributed by atoms with van der Waals surface area (Å²) in [7, 11) is 0. The first-order chi connectivity index (χ1) is 6.87. The summed E-state index contributed by atoms with van der Waals surface area (Å²) in [6.07, 6.45) is -2.47. The van der Waals surface area contributed by atoms with Crippen LogP contribution in [0.2, 0.25) is 0 Å². The van der Waals surface area contributed by atoms with Crippen LogP contribution in [0.5, 0.6) is 0 Å². The molecule has 0 saturated carbocycles. The Morgan fingerprint density at radius 1 is 1.40 bits per heavy atom. The van der Waals surface area contributed by atoms with Crippen molar-refractivity contribution < 1.29 is 13.2 Å². The van der Waals surface area contributed by atoms with Gasteiger partial charge in [0, 0.05) is 6.04 Å². The van der Waals surface area contributed by atoms with Crippen LogP contribution in [0.1, 0.15) is 13.3 Å². The highest BCUT2D eigenvalue weighted by Gasteiger charge is 2.30. The molecule has 0 saturated heterocycles. The van der Waals surface area contributed by atoms with E-state index >= 15 is 0 Å². The Balaban J connectivity index is 2.51. The van der Waals surface area contributed by atoms with Gasteiger partial charge in [-0.05, 0) is 6.92 Å². The summed E-state index contributed by atoms with van der Waals surface area (Å²) in [6, 6.07) is -0.770. The summed E-state index contributed by atoms with van der Waals surface area (Å²) < 4.78 is 35.9. The Labute approximate surface area is 84.7 Å². The van der Waals surface area contributed by atoms with Crippen LogP contribution in [0, 0.1) is 0 Å². The topological polar surface area (TPSA) is 63.8 Å². The van der Waals surface area contributed by atoms with Crippen molar-refractivity contribution in [3.8, 4) is 0 Å². The van der Waals surface area contributed by atoms with Crippen LogP contribution in [0.3, 0.4) is 0 Å². The second kappa shape index (κ2) is 4.33. The minimum Gasteiger partial charge on any atom is -0.396 e. The van der Waals surface area contributed by atoms with Crippen LogP contribution < -0.4 is 11.1 Å². The van der Waals surface area contributed by atoms with Gasteiger partial charge in [-0.25, -0.2) is 9.97 Å². The lowest BCUT2D eigenvalue weighted by Gasteiger charge is -2.15. The lowest BCUT2D eigenvalue weighted by molar-refractivity contribution is -0.136. The molecule has 1 aromatic rings. The van der Waals surface area contributed by atoms with Gasteiger partial charge in [0.2, 0.25) is 5.95 Å². The zero-order valence-corrected chi connectivity index (χ0v) is 8.04. The van der Waals surface area contributed by atoms with Crippen molar-refractivity contribution in [2.45, 2.75) is 25.6 Å². The average molecular weight is 220 g/mol. The molecule has 15 heavy (non-hydrogen) atoms. The number of nitrogens with zero attached hydrogens (tertiary/aromatic N) is 2. The first kappa shape index (κ1) is 11.5. The maximum atomic E-state index is 12.0. The van der Waals surface area contributed by atoms with E-state index in [2.05, 4.69) is 15.3 Å². The Morgan fingerprint density at radius 2 is 1.93 bits per heavy atom. The summed E-state index contributed by atoms with van der Waals surface area (Å²) in [5.41, 5.74) is 5.69. The number of hydrogen-bond donors (Lipinski definition) is 2. The van der Waals surface area contributed by atoms with Gasteiger partial charge in [0.25, 0.3) is 0 Å². The predicted molar refractivity (Wildman–Crippen MR) is 50.2 cm³/mol. The fraction of sp³-hybridized carbons (Fsp3) is 0.500. The first-order valence-electron chi connectivity index (χ1n) is 4.27. The Morgan fingerprint density at radius 3 is 2.40 bits per heavy atom. The van der Waals surface area contributed by atoms with Crippen LogP contribution in [-0.2, 0) is 0 Å². The molecule has 0 aliphatic heterocycles. The Kier molecular flexibility index (Phi) is 3.33. The smallest absolute Gasteiger partial charge is 0.391 e. The number of nitrogens with two attached hydrogens (primary N) is 1. The molecule has 84 valence electrons. The van der Waals surface area contributed by atoms with Gasteiger partial charge in [-0.3, -0.25) is 0 Å². The number of aromatic nitrogens is 2. The van der Waals surface area contributed by atoms with Crippen molar-refractivity contribution >= 4 is 11.6 Å². The number of nitrogen functional groups attached to an aromatic ring is 1. The largest absolute Gasteiger partial charge is 0.396 e. The quantitative estimate of drug-likeness (QED) is 0.815. The van der Waals surface area contributed by atoms with Crippen LogP contribution in [-0.4, -0.2) is 22.2 Å². The minimum absolute atomic E-state index is 0.140. The number of hydrogen-bond acceptors (Lipinski definition) is 4. The van der Waals surface area contributed by atoms with Crippen LogP contribution in [0.4, 0.5) is 24.8 Å². The molecule has 1 rings (SSSR count). The van der Waals surface area contributed by atoms with Crippen molar-refractivity contribution in [2.24, 2.45) is 0 Å². The van der Waals surface area contributed by atoms with E-state index < -0.39 is 18.6 Å². The molecule has 0 fully saturated rings. The van der Waals surface area contributed by atoms with Crippen molar-refractivity contribution in [1.29, 1.82) is 0 Å². The van der Waals surface area contributed by atoms with E-state index in [1.807, 2.05) is 0 Å². The second-order valence-corrected chi connectivity index (χ2v) is 3.20. The number of nitrogens with one attached hydrogen (secondary N) is 1. The van der Waals surface area contributed by atoms with Gasteiger partial charge >= 0.3 is 6.18 Å². The number of anilines is 2. The molecular weight excluding hydrogens is 209 g/mol. The van der Waals surface area contributed by atoms with Gasteiger partial charge in [0.1, 0.15) is 0 Å². The lowest BCUT2D eigenvalue weighted by Crippen LogP contribution is -2.24. The minimum atomic E-state index is -4.19. The molecule has 0 spiro atoms. The molecule has 0 bridgehead atoms. The fourth-order valence-corrected chi connectivity index (χ4v) is 1.03. The summed E-state index contributed by atoms with van der Waals surface area (Å²) >= 11 is 0. The summed E-state index contributed by atoms with van der Waals surface area (Å²) in [4.78, 5) is 7.47. The highest BCUT2D eigenvalue weighted by atomic mass is 19.4. The van der Waals surface area contributed by atoms with Crippen LogP contribution in [0.15, 0.2) is 12.4 Å². The molecule has 1 aromatic heterocycles. The Hall–Kier alpha value is -1.53. The van der Waals surface area contributed by atoms with E-state index in [9.17, 15) is 13.2 Å². The SMILES string of the molecule is CC(CC(F)(F)F)Nc1ncc(N)cn1. The molecule has 4 nitrogen and oxygen atoms in total. The van der Waals surface area contributed by atoms with Crippen molar-refractivity contribution in [2.75, 3.05) is 11.1 Å². The zero-order valence-electron chi connectivity index (χ0n) is 8.04. The molecule has 1 unspecified atom stereocenters. The summed E-state index contributed by atoms with van der Waals surface area (Å²) in [5.74, 6) is 0.140. The van der Waals surface area contributed by atoms with E-state index in [0.29, 0.717) is 5.69 Å². The molecule has 1 atom stereocenters. The zero-order chi connectivity index (χ0) is 11.5. The van der Waals surface area contributed by atoms with Gasteiger partial charge < -0.3 is 11.1 Å². The maximum absolute atomic E-state index is 12.0. The molecule has 0 amide bonds. The lowest BCUT2D eigenvalue weighted by atomic mass is 10.2. The van der Waals surface area contributed by atoms with Gasteiger partial charge in [0.05, 0.1) is 24.5 Å².